The number of benzene rings is 2. The average molecular weight is 299 g/mol. The molecule has 0 spiro atoms. The molecule has 0 bridgehead atoms. The van der Waals surface area contributed by atoms with Gasteiger partial charge in [-0.05, 0) is 24.3 Å². The standard InChI is InChI=1S/C17H15O5/c18-11-15(22-17(20)14-9-5-2-6-10-14)12-21-16(19)13-7-3-1-4-8-13/h1-10,15H,11-12H2. The van der Waals surface area contributed by atoms with Crippen molar-refractivity contribution in [1.82, 2.24) is 0 Å². The molecule has 2 rings (SSSR count). The number of hydrogen-bond donors (Lipinski definition) is 0. The molecule has 0 saturated carbocycles. The van der Waals surface area contributed by atoms with Crippen LogP contribution >= 0.6 is 0 Å². The summed E-state index contributed by atoms with van der Waals surface area (Å²) < 4.78 is 10.0. The zero-order valence-corrected chi connectivity index (χ0v) is 11.8. The van der Waals surface area contributed by atoms with Crippen molar-refractivity contribution in [2.75, 3.05) is 13.2 Å². The Morgan fingerprint density at radius 2 is 1.32 bits per heavy atom. The molecule has 5 nitrogen and oxygen atoms in total. The molecule has 0 aromatic heterocycles. The van der Waals surface area contributed by atoms with Crippen molar-refractivity contribution in [1.29, 1.82) is 0 Å². The first-order chi connectivity index (χ1) is 10.7. The second-order valence-corrected chi connectivity index (χ2v) is 4.52. The largest absolute Gasteiger partial charge is 0.458 e. The van der Waals surface area contributed by atoms with E-state index in [4.69, 9.17) is 9.47 Å². The minimum absolute atomic E-state index is 0.268. The lowest BCUT2D eigenvalue weighted by Crippen LogP contribution is -2.28. The van der Waals surface area contributed by atoms with Gasteiger partial charge in [-0.2, -0.15) is 0 Å². The average Bonchev–Trinajstić information content (AvgIpc) is 2.59. The second kappa shape index (κ2) is 7.95. The van der Waals surface area contributed by atoms with Gasteiger partial charge in [-0.3, -0.25) is 0 Å². The Bertz CT molecular complexity index is 609. The fraction of sp³-hybridized carbons (Fsp3) is 0.176. The first-order valence-electron chi connectivity index (χ1n) is 6.77. The van der Waals surface area contributed by atoms with Crippen LogP contribution in [0, 0.1) is 0 Å². The summed E-state index contributed by atoms with van der Waals surface area (Å²) >= 11 is 0. The zero-order valence-electron chi connectivity index (χ0n) is 11.8. The molecule has 5 heteroatoms. The molecule has 0 N–H and O–H groups in total. The van der Waals surface area contributed by atoms with Gasteiger partial charge in [0.25, 0.3) is 0 Å². The molecule has 1 atom stereocenters. The Labute approximate surface area is 128 Å². The number of ether oxygens (including phenoxy) is 2. The highest BCUT2D eigenvalue weighted by molar-refractivity contribution is 5.90. The molecule has 0 aliphatic rings. The van der Waals surface area contributed by atoms with Crippen molar-refractivity contribution >= 4 is 11.9 Å². The van der Waals surface area contributed by atoms with Gasteiger partial charge in [-0.1, -0.05) is 36.4 Å². The summed E-state index contributed by atoms with van der Waals surface area (Å²) in [6.07, 6.45) is -1.01. The third kappa shape index (κ3) is 4.43. The highest BCUT2D eigenvalue weighted by Crippen LogP contribution is 2.06. The maximum atomic E-state index is 11.8. The first-order valence-corrected chi connectivity index (χ1v) is 6.77. The highest BCUT2D eigenvalue weighted by atomic mass is 16.6. The van der Waals surface area contributed by atoms with Crippen molar-refractivity contribution < 1.29 is 24.2 Å². The molecule has 22 heavy (non-hydrogen) atoms. The minimum atomic E-state index is -1.01. The SMILES string of the molecule is [O]CC(COC(=O)c1ccccc1)OC(=O)c1ccccc1. The molecule has 0 fully saturated rings. The van der Waals surface area contributed by atoms with E-state index in [1.54, 1.807) is 60.7 Å². The molecule has 1 unspecified atom stereocenters. The zero-order chi connectivity index (χ0) is 15.8. The molecule has 0 aliphatic carbocycles. The number of hydrogen-bond acceptors (Lipinski definition) is 4. The number of carbonyl (C=O) groups excluding carboxylic acids is 2. The Morgan fingerprint density at radius 3 is 1.82 bits per heavy atom. The van der Waals surface area contributed by atoms with E-state index in [0.29, 0.717) is 11.1 Å². The van der Waals surface area contributed by atoms with Crippen LogP contribution in [0.3, 0.4) is 0 Å². The van der Waals surface area contributed by atoms with Crippen LogP contribution in [0.2, 0.25) is 0 Å². The van der Waals surface area contributed by atoms with Crippen LogP contribution in [0.5, 0.6) is 0 Å². The second-order valence-electron chi connectivity index (χ2n) is 4.52. The maximum absolute atomic E-state index is 11.8. The Morgan fingerprint density at radius 1 is 0.818 bits per heavy atom. The van der Waals surface area contributed by atoms with E-state index in [1.807, 2.05) is 0 Å². The molecule has 0 amide bonds. The lowest BCUT2D eigenvalue weighted by Gasteiger charge is -2.15. The van der Waals surface area contributed by atoms with E-state index in [0.717, 1.165) is 0 Å². The van der Waals surface area contributed by atoms with E-state index < -0.39 is 24.6 Å². The van der Waals surface area contributed by atoms with E-state index in [1.165, 1.54) is 0 Å². The van der Waals surface area contributed by atoms with Crippen molar-refractivity contribution in [3.05, 3.63) is 71.8 Å². The van der Waals surface area contributed by atoms with E-state index >= 15 is 0 Å². The fourth-order valence-corrected chi connectivity index (χ4v) is 1.74. The maximum Gasteiger partial charge on any atom is 0.338 e. The molecule has 0 saturated heterocycles. The van der Waals surface area contributed by atoms with Crippen molar-refractivity contribution in [3.63, 3.8) is 0 Å². The Hall–Kier alpha value is -2.66. The summed E-state index contributed by atoms with van der Waals surface area (Å²) in [6.45, 7) is -0.948. The Balaban J connectivity index is 1.87. The summed E-state index contributed by atoms with van der Waals surface area (Å²) in [7, 11) is 0. The van der Waals surface area contributed by atoms with Crippen molar-refractivity contribution in [3.8, 4) is 0 Å². The van der Waals surface area contributed by atoms with Crippen LogP contribution in [0.4, 0.5) is 0 Å². The van der Waals surface area contributed by atoms with Crippen LogP contribution < -0.4 is 0 Å². The van der Waals surface area contributed by atoms with Gasteiger partial charge in [-0.15, -0.1) is 0 Å². The third-order valence-corrected chi connectivity index (χ3v) is 2.88. The summed E-state index contributed by atoms with van der Waals surface area (Å²) in [5, 5.41) is 11.1. The fourth-order valence-electron chi connectivity index (χ4n) is 1.74. The third-order valence-electron chi connectivity index (χ3n) is 2.88. The highest BCUT2D eigenvalue weighted by Gasteiger charge is 2.18. The quantitative estimate of drug-likeness (QED) is 0.768. The number of carbonyl (C=O) groups is 2. The topological polar surface area (TPSA) is 72.5 Å². The van der Waals surface area contributed by atoms with Gasteiger partial charge < -0.3 is 9.47 Å². The van der Waals surface area contributed by atoms with Crippen LogP contribution in [0.15, 0.2) is 60.7 Å². The van der Waals surface area contributed by atoms with Gasteiger partial charge in [0.1, 0.15) is 13.2 Å². The van der Waals surface area contributed by atoms with Crippen LogP contribution in [0.25, 0.3) is 0 Å². The van der Waals surface area contributed by atoms with Crippen LogP contribution in [0.1, 0.15) is 20.7 Å². The molecular formula is C17H15O5. The van der Waals surface area contributed by atoms with Gasteiger partial charge in [0.15, 0.2) is 6.10 Å². The van der Waals surface area contributed by atoms with Crippen molar-refractivity contribution in [2.45, 2.75) is 6.10 Å². The minimum Gasteiger partial charge on any atom is -0.458 e. The molecule has 1 radical (unpaired) electrons. The first kappa shape index (κ1) is 15.7. The molecular weight excluding hydrogens is 284 g/mol. The molecule has 2 aromatic carbocycles. The van der Waals surface area contributed by atoms with Gasteiger partial charge >= 0.3 is 11.9 Å². The van der Waals surface area contributed by atoms with E-state index in [9.17, 15) is 14.7 Å². The summed E-state index contributed by atoms with van der Waals surface area (Å²) in [4.78, 5) is 23.6. The monoisotopic (exact) mass is 299 g/mol. The smallest absolute Gasteiger partial charge is 0.338 e. The van der Waals surface area contributed by atoms with Crippen LogP contribution in [-0.4, -0.2) is 31.3 Å². The van der Waals surface area contributed by atoms with E-state index in [2.05, 4.69) is 0 Å². The predicted molar refractivity (Wildman–Crippen MR) is 77.9 cm³/mol. The van der Waals surface area contributed by atoms with Crippen LogP contribution in [-0.2, 0) is 14.6 Å². The number of rotatable bonds is 6. The molecule has 2 aromatic rings. The summed E-state index contributed by atoms with van der Waals surface area (Å²) in [6, 6.07) is 16.7. The van der Waals surface area contributed by atoms with Gasteiger partial charge in [0.2, 0.25) is 0 Å². The van der Waals surface area contributed by atoms with Crippen molar-refractivity contribution in [2.24, 2.45) is 0 Å². The lowest BCUT2D eigenvalue weighted by atomic mass is 10.2. The summed E-state index contributed by atoms with van der Waals surface area (Å²) in [5.41, 5.74) is 0.719. The number of esters is 2. The molecule has 113 valence electrons. The normalized spacial score (nSPS) is 11.5. The molecule has 0 aliphatic heterocycles. The van der Waals surface area contributed by atoms with Gasteiger partial charge in [0, 0.05) is 0 Å². The summed E-state index contributed by atoms with van der Waals surface area (Å²) in [5.74, 6) is -1.17. The predicted octanol–water partition coefficient (Wildman–Crippen LogP) is 2.50. The van der Waals surface area contributed by atoms with E-state index in [-0.39, 0.29) is 6.61 Å². The Kier molecular flexibility index (Phi) is 5.68. The van der Waals surface area contributed by atoms with Gasteiger partial charge in [0.05, 0.1) is 11.1 Å². The van der Waals surface area contributed by atoms with Gasteiger partial charge in [-0.25, -0.2) is 14.7 Å². The molecule has 0 heterocycles. The lowest BCUT2D eigenvalue weighted by molar-refractivity contribution is -0.0282.